The molecule has 2 saturated heterocycles. The van der Waals surface area contributed by atoms with Crippen LogP contribution >= 0.6 is 27.5 Å². The number of ketones is 1. The summed E-state index contributed by atoms with van der Waals surface area (Å²) in [6.07, 6.45) is 6.36. The molecule has 2 aromatic heterocycles. The van der Waals surface area contributed by atoms with Crippen molar-refractivity contribution in [3.05, 3.63) is 91.8 Å². The van der Waals surface area contributed by atoms with Gasteiger partial charge in [-0.1, -0.05) is 35.9 Å². The highest BCUT2D eigenvalue weighted by atomic mass is 79.9. The number of rotatable bonds is 9. The summed E-state index contributed by atoms with van der Waals surface area (Å²) in [5, 5.41) is 9.59. The monoisotopic (exact) mass is 900 g/mol. The van der Waals surface area contributed by atoms with Crippen LogP contribution in [0.1, 0.15) is 54.2 Å². The van der Waals surface area contributed by atoms with E-state index in [-0.39, 0.29) is 54.6 Å². The Morgan fingerprint density at radius 2 is 1.71 bits per heavy atom. The number of carbonyl (C=O) groups is 4. The molecule has 21 heteroatoms. The lowest BCUT2D eigenvalue weighted by atomic mass is 10.1. The molecule has 4 amide bonds. The predicted molar refractivity (Wildman–Crippen MR) is 218 cm³/mol. The van der Waals surface area contributed by atoms with Crippen molar-refractivity contribution in [2.75, 3.05) is 31.5 Å². The molecule has 3 aliphatic rings. The minimum atomic E-state index is -4.14. The lowest BCUT2D eigenvalue weighted by Gasteiger charge is -2.32. The number of fused-ring (bicyclic) bond motifs is 2. The number of carbonyl (C=O) groups excluding carboxylic acids is 4. The Morgan fingerprint density at radius 1 is 1.00 bits per heavy atom. The fourth-order valence-electron chi connectivity index (χ4n) is 6.85. The molecule has 2 aromatic carbocycles. The smallest absolute Gasteiger partial charge is 0.422 e. The molecule has 18 nitrogen and oxygen atoms in total. The van der Waals surface area contributed by atoms with Crippen LogP contribution in [-0.4, -0.2) is 101 Å². The lowest BCUT2D eigenvalue weighted by molar-refractivity contribution is -0.117. The summed E-state index contributed by atoms with van der Waals surface area (Å²) in [6.45, 7) is 3.26. The number of piperidine rings is 2. The molecule has 308 valence electrons. The third-order valence-corrected chi connectivity index (χ3v) is 11.9. The number of hydrogen-bond donors (Lipinski definition) is 5. The van der Waals surface area contributed by atoms with Gasteiger partial charge in [-0.05, 0) is 91.2 Å². The molecule has 5 N–H and O–H groups in total. The molecule has 2 aliphatic heterocycles. The van der Waals surface area contributed by atoms with Crippen molar-refractivity contribution < 1.29 is 32.3 Å². The van der Waals surface area contributed by atoms with Crippen molar-refractivity contribution in [2.24, 2.45) is 0 Å². The molecule has 1 atom stereocenters. The van der Waals surface area contributed by atoms with Crippen LogP contribution in [0.4, 0.5) is 15.4 Å². The van der Waals surface area contributed by atoms with Gasteiger partial charge >= 0.3 is 22.3 Å². The molecule has 4 aromatic rings. The van der Waals surface area contributed by atoms with Crippen LogP contribution in [0.3, 0.4) is 0 Å². The van der Waals surface area contributed by atoms with E-state index in [0.29, 0.717) is 46.2 Å². The quantitative estimate of drug-likeness (QED) is 0.163. The van der Waals surface area contributed by atoms with Gasteiger partial charge in [0.25, 0.3) is 11.5 Å². The molecule has 1 aliphatic carbocycles. The highest BCUT2D eigenvalue weighted by molar-refractivity contribution is 9.10. The number of nitrogens with one attached hydrogen (secondary N) is 5. The van der Waals surface area contributed by atoms with E-state index < -0.39 is 34.3 Å². The van der Waals surface area contributed by atoms with E-state index in [1.165, 1.54) is 46.2 Å². The SMILES string of the molecule is CC(=O)Cn1cnc2cc(Br)c(Cl)cc2c1=O.O=C(NS(=O)(=O)NC1CCN(C(=O)Nc2nccnc2C(=O)NC2Cc3ccccc3C2)CC1)OC1CCCNC1. The van der Waals surface area contributed by atoms with Crippen molar-refractivity contribution in [1.29, 1.82) is 0 Å². The van der Waals surface area contributed by atoms with Crippen molar-refractivity contribution in [3.63, 3.8) is 0 Å². The summed E-state index contributed by atoms with van der Waals surface area (Å²) in [7, 11) is -4.14. The van der Waals surface area contributed by atoms with Gasteiger partial charge in [0.1, 0.15) is 11.9 Å². The van der Waals surface area contributed by atoms with Crippen LogP contribution in [0, 0.1) is 0 Å². The molecule has 0 bridgehead atoms. The number of ether oxygens (including phenoxy) is 1. The van der Waals surface area contributed by atoms with Crippen LogP contribution in [0.2, 0.25) is 5.02 Å². The number of nitrogens with zero attached hydrogens (tertiary/aromatic N) is 5. The second kappa shape index (κ2) is 19.2. The Bertz CT molecular complexity index is 2330. The van der Waals surface area contributed by atoms with E-state index >= 15 is 0 Å². The fraction of sp³-hybridized carbons (Fsp3) is 0.405. The maximum atomic E-state index is 13.0. The molecule has 7 rings (SSSR count). The zero-order valence-corrected chi connectivity index (χ0v) is 34.5. The van der Waals surface area contributed by atoms with E-state index in [9.17, 15) is 32.4 Å². The van der Waals surface area contributed by atoms with E-state index in [0.717, 1.165) is 25.8 Å². The minimum absolute atomic E-state index is 0.0152. The van der Waals surface area contributed by atoms with Gasteiger partial charge in [0, 0.05) is 48.6 Å². The van der Waals surface area contributed by atoms with Gasteiger partial charge in [0.2, 0.25) is 0 Å². The molecule has 0 spiro atoms. The summed E-state index contributed by atoms with van der Waals surface area (Å²) < 4.78 is 36.3. The first-order valence-corrected chi connectivity index (χ1v) is 21.2. The van der Waals surface area contributed by atoms with Gasteiger partial charge < -0.3 is 20.3 Å². The summed E-state index contributed by atoms with van der Waals surface area (Å²) in [5.74, 6) is -0.481. The van der Waals surface area contributed by atoms with Gasteiger partial charge in [-0.25, -0.2) is 29.3 Å². The fourth-order valence-corrected chi connectivity index (χ4v) is 8.35. The first kappa shape index (κ1) is 42.6. The second-order valence-corrected chi connectivity index (χ2v) is 16.8. The zero-order valence-electron chi connectivity index (χ0n) is 31.4. The summed E-state index contributed by atoms with van der Waals surface area (Å²) >= 11 is 9.19. The van der Waals surface area contributed by atoms with Crippen LogP contribution in [0.25, 0.3) is 10.9 Å². The molecule has 58 heavy (non-hydrogen) atoms. The van der Waals surface area contributed by atoms with E-state index in [4.69, 9.17) is 16.3 Å². The normalized spacial score (nSPS) is 17.1. The molecule has 4 heterocycles. The van der Waals surface area contributed by atoms with E-state index in [1.807, 2.05) is 29.0 Å². The highest BCUT2D eigenvalue weighted by Gasteiger charge is 2.30. The van der Waals surface area contributed by atoms with Crippen LogP contribution in [0.5, 0.6) is 0 Å². The zero-order chi connectivity index (χ0) is 41.4. The van der Waals surface area contributed by atoms with Crippen LogP contribution < -0.4 is 31.0 Å². The van der Waals surface area contributed by atoms with Crippen molar-refractivity contribution in [3.8, 4) is 0 Å². The molecule has 2 fully saturated rings. The minimum Gasteiger partial charge on any atom is -0.444 e. The Kier molecular flexibility index (Phi) is 14.1. The third-order valence-electron chi connectivity index (χ3n) is 9.63. The number of hydrogen-bond acceptors (Lipinski definition) is 12. The number of anilines is 1. The number of amides is 4. The van der Waals surface area contributed by atoms with Crippen LogP contribution in [-0.2, 0) is 39.1 Å². The van der Waals surface area contributed by atoms with Gasteiger partial charge in [-0.2, -0.15) is 13.1 Å². The Morgan fingerprint density at radius 3 is 2.38 bits per heavy atom. The molecule has 0 radical (unpaired) electrons. The van der Waals surface area contributed by atoms with Gasteiger partial charge in [-0.15, -0.1) is 0 Å². The summed E-state index contributed by atoms with van der Waals surface area (Å²) in [6, 6.07) is 10.2. The number of urea groups is 1. The summed E-state index contributed by atoms with van der Waals surface area (Å²) in [5.41, 5.74) is 2.69. The van der Waals surface area contributed by atoms with E-state index in [2.05, 4.69) is 51.6 Å². The number of aromatic nitrogens is 4. The second-order valence-electron chi connectivity index (χ2n) is 14.1. The molecular weight excluding hydrogens is 860 g/mol. The average Bonchev–Trinajstić information content (AvgIpc) is 3.60. The largest absolute Gasteiger partial charge is 0.444 e. The molecular formula is C37H42BrClN10O8S. The van der Waals surface area contributed by atoms with Crippen molar-refractivity contribution >= 4 is 78.3 Å². The van der Waals surface area contributed by atoms with Gasteiger partial charge in [-0.3, -0.25) is 24.3 Å². The molecule has 1 unspecified atom stereocenters. The Balaban J connectivity index is 0.000000278. The average molecular weight is 902 g/mol. The topological polar surface area (TPSA) is 236 Å². The standard InChI is InChI=1S/C26H34N8O6S.C11H8BrClN2O2/c35-24(30-20-14-17-4-1-2-5-18(17)15-20)22-23(29-11-10-28-22)31-25(36)34-12-7-19(8-13-34)32-41(38,39)33-26(37)40-21-6-3-9-27-16-21;1-6(16)4-15-5-14-10-3-8(12)9(13)2-7(10)11(15)17/h1-2,4-5,10-11,19-21,27,32H,3,6-9,12-16H2,(H,30,35)(H,33,37)(H,29,31,36);2-3,5H,4H2,1H3. The lowest BCUT2D eigenvalue weighted by Crippen LogP contribution is -2.51. The number of Topliss-reactive ketones (excluding diaryl/α,β-unsaturated/α-hetero) is 1. The van der Waals surface area contributed by atoms with Gasteiger partial charge in [0.05, 0.1) is 28.8 Å². The first-order valence-electron chi connectivity index (χ1n) is 18.5. The maximum Gasteiger partial charge on any atom is 0.422 e. The predicted octanol–water partition coefficient (Wildman–Crippen LogP) is 3.08. The van der Waals surface area contributed by atoms with Crippen molar-refractivity contribution in [2.45, 2.75) is 70.2 Å². The van der Waals surface area contributed by atoms with Gasteiger partial charge in [0.15, 0.2) is 11.5 Å². The number of benzene rings is 2. The first-order chi connectivity index (χ1) is 27.7. The number of likely N-dealkylation sites (tertiary alicyclic amines) is 1. The highest BCUT2D eigenvalue weighted by Crippen LogP contribution is 2.26. The van der Waals surface area contributed by atoms with E-state index in [1.54, 1.807) is 12.1 Å². The Labute approximate surface area is 347 Å². The Hall–Kier alpha value is -5.02. The van der Waals surface area contributed by atoms with Crippen molar-refractivity contribution in [1.82, 2.24) is 44.5 Å². The number of halogens is 2. The third kappa shape index (κ3) is 11.3. The summed E-state index contributed by atoms with van der Waals surface area (Å²) in [4.78, 5) is 74.9. The van der Waals surface area contributed by atoms with Crippen LogP contribution in [0.15, 0.2) is 64.4 Å². The maximum absolute atomic E-state index is 13.0. The molecule has 0 saturated carbocycles.